The van der Waals surface area contributed by atoms with Gasteiger partial charge in [0.25, 0.3) is 0 Å². The quantitative estimate of drug-likeness (QED) is 0.918. The molecule has 0 amide bonds. The lowest BCUT2D eigenvalue weighted by Gasteiger charge is -2.43. The highest BCUT2D eigenvalue weighted by molar-refractivity contribution is 5.20. The van der Waals surface area contributed by atoms with E-state index in [4.69, 9.17) is 9.15 Å². The molecule has 4 nitrogen and oxygen atoms in total. The zero-order valence-electron chi connectivity index (χ0n) is 12.7. The lowest BCUT2D eigenvalue weighted by Crippen LogP contribution is -2.52. The first-order chi connectivity index (χ1) is 9.78. The third-order valence-electron chi connectivity index (χ3n) is 4.64. The van der Waals surface area contributed by atoms with Gasteiger partial charge in [0.1, 0.15) is 11.5 Å². The second kappa shape index (κ2) is 6.29. The molecule has 4 heteroatoms. The number of rotatable bonds is 4. The fourth-order valence-corrected chi connectivity index (χ4v) is 3.60. The molecule has 20 heavy (non-hydrogen) atoms. The van der Waals surface area contributed by atoms with Crippen molar-refractivity contribution in [3.05, 3.63) is 23.2 Å². The average Bonchev–Trinajstić information content (AvgIpc) is 2.80. The van der Waals surface area contributed by atoms with Crippen molar-refractivity contribution in [3.8, 4) is 0 Å². The first kappa shape index (κ1) is 14.1. The Balaban J connectivity index is 1.68. The Bertz CT molecular complexity index is 442. The van der Waals surface area contributed by atoms with Crippen LogP contribution >= 0.6 is 0 Å². The highest BCUT2D eigenvalue weighted by Crippen LogP contribution is 2.30. The standard InChI is InChI=1S/C16H26N2O2/c1-12-13(10-17-2)9-14(20-12)11-18-7-8-19-16-6-4-3-5-15(16)18/h9,15-17H,3-8,10-11H2,1-2H3. The molecular weight excluding hydrogens is 252 g/mol. The molecule has 2 unspecified atom stereocenters. The Kier molecular flexibility index (Phi) is 4.44. The van der Waals surface area contributed by atoms with Crippen LogP contribution in [-0.4, -0.2) is 37.2 Å². The monoisotopic (exact) mass is 278 g/mol. The lowest BCUT2D eigenvalue weighted by molar-refractivity contribution is -0.0926. The summed E-state index contributed by atoms with van der Waals surface area (Å²) >= 11 is 0. The van der Waals surface area contributed by atoms with E-state index in [1.54, 1.807) is 0 Å². The Hall–Kier alpha value is -0.840. The molecule has 0 spiro atoms. The number of nitrogens with zero attached hydrogens (tertiary/aromatic N) is 1. The van der Waals surface area contributed by atoms with Crippen LogP contribution in [0.25, 0.3) is 0 Å². The van der Waals surface area contributed by atoms with Gasteiger partial charge >= 0.3 is 0 Å². The maximum atomic E-state index is 5.94. The van der Waals surface area contributed by atoms with Crippen molar-refractivity contribution < 1.29 is 9.15 Å². The normalized spacial score (nSPS) is 27.5. The van der Waals surface area contributed by atoms with Crippen molar-refractivity contribution >= 4 is 0 Å². The van der Waals surface area contributed by atoms with Crippen LogP contribution in [0.15, 0.2) is 10.5 Å². The molecule has 2 aliphatic rings. The summed E-state index contributed by atoms with van der Waals surface area (Å²) in [5.74, 6) is 2.14. The van der Waals surface area contributed by atoms with Crippen molar-refractivity contribution in [2.75, 3.05) is 20.2 Å². The Labute approximate surface area is 121 Å². The van der Waals surface area contributed by atoms with E-state index in [0.717, 1.165) is 37.8 Å². The Morgan fingerprint density at radius 1 is 1.35 bits per heavy atom. The molecule has 1 aliphatic heterocycles. The minimum Gasteiger partial charge on any atom is -0.465 e. The first-order valence-electron chi connectivity index (χ1n) is 7.86. The number of nitrogens with one attached hydrogen (secondary N) is 1. The predicted octanol–water partition coefficient (Wildman–Crippen LogP) is 2.45. The van der Waals surface area contributed by atoms with E-state index in [2.05, 4.69) is 23.2 Å². The zero-order valence-corrected chi connectivity index (χ0v) is 12.7. The summed E-state index contributed by atoms with van der Waals surface area (Å²) in [4.78, 5) is 2.56. The summed E-state index contributed by atoms with van der Waals surface area (Å²) < 4.78 is 11.9. The highest BCUT2D eigenvalue weighted by Gasteiger charge is 2.34. The van der Waals surface area contributed by atoms with Crippen molar-refractivity contribution in [1.29, 1.82) is 0 Å². The SMILES string of the molecule is CNCc1cc(CN2CCOC3CCCCC32)oc1C. The minimum atomic E-state index is 0.449. The Morgan fingerprint density at radius 3 is 3.05 bits per heavy atom. The maximum Gasteiger partial charge on any atom is 0.118 e. The fourth-order valence-electron chi connectivity index (χ4n) is 3.60. The second-order valence-electron chi connectivity index (χ2n) is 6.06. The molecule has 112 valence electrons. The van der Waals surface area contributed by atoms with Crippen LogP contribution in [-0.2, 0) is 17.8 Å². The molecule has 2 atom stereocenters. The number of morpholine rings is 1. The van der Waals surface area contributed by atoms with E-state index in [-0.39, 0.29) is 0 Å². The molecule has 2 fully saturated rings. The van der Waals surface area contributed by atoms with Gasteiger partial charge in [0.15, 0.2) is 0 Å². The molecule has 1 aliphatic carbocycles. The summed E-state index contributed by atoms with van der Waals surface area (Å²) in [5.41, 5.74) is 1.27. The van der Waals surface area contributed by atoms with Gasteiger partial charge < -0.3 is 14.5 Å². The van der Waals surface area contributed by atoms with Crippen LogP contribution in [0.5, 0.6) is 0 Å². The topological polar surface area (TPSA) is 37.6 Å². The van der Waals surface area contributed by atoms with Gasteiger partial charge in [0.2, 0.25) is 0 Å². The van der Waals surface area contributed by atoms with Crippen LogP contribution in [0.4, 0.5) is 0 Å². The van der Waals surface area contributed by atoms with Crippen molar-refractivity contribution in [2.24, 2.45) is 0 Å². The molecule has 3 rings (SSSR count). The molecule has 1 saturated carbocycles. The molecular formula is C16H26N2O2. The summed E-state index contributed by atoms with van der Waals surface area (Å²) in [6.07, 6.45) is 5.60. The number of hydrogen-bond acceptors (Lipinski definition) is 4. The van der Waals surface area contributed by atoms with E-state index in [1.165, 1.54) is 31.2 Å². The molecule has 0 radical (unpaired) electrons. The number of aryl methyl sites for hydroxylation is 1. The van der Waals surface area contributed by atoms with E-state index >= 15 is 0 Å². The largest absolute Gasteiger partial charge is 0.465 e. The van der Waals surface area contributed by atoms with Crippen LogP contribution in [0.2, 0.25) is 0 Å². The average molecular weight is 278 g/mol. The van der Waals surface area contributed by atoms with Crippen molar-refractivity contribution in [1.82, 2.24) is 10.2 Å². The fraction of sp³-hybridized carbons (Fsp3) is 0.750. The van der Waals surface area contributed by atoms with E-state index in [1.807, 2.05) is 7.05 Å². The van der Waals surface area contributed by atoms with Gasteiger partial charge in [-0.3, -0.25) is 4.90 Å². The summed E-state index contributed by atoms with van der Waals surface area (Å²) in [5, 5.41) is 3.19. The van der Waals surface area contributed by atoms with Gasteiger partial charge in [-0.2, -0.15) is 0 Å². The van der Waals surface area contributed by atoms with E-state index < -0.39 is 0 Å². The number of hydrogen-bond donors (Lipinski definition) is 1. The van der Waals surface area contributed by atoms with Gasteiger partial charge in [0.05, 0.1) is 19.3 Å². The van der Waals surface area contributed by atoms with Gasteiger partial charge in [-0.05, 0) is 32.9 Å². The van der Waals surface area contributed by atoms with Crippen LogP contribution in [0, 0.1) is 6.92 Å². The second-order valence-corrected chi connectivity index (χ2v) is 6.06. The molecule has 1 aromatic heterocycles. The Morgan fingerprint density at radius 2 is 2.20 bits per heavy atom. The zero-order chi connectivity index (χ0) is 13.9. The number of fused-ring (bicyclic) bond motifs is 1. The number of furan rings is 1. The van der Waals surface area contributed by atoms with Gasteiger partial charge in [-0.25, -0.2) is 0 Å². The molecule has 2 heterocycles. The van der Waals surface area contributed by atoms with Gasteiger partial charge in [0, 0.05) is 24.7 Å². The molecule has 1 aromatic rings. The third kappa shape index (κ3) is 2.92. The maximum absolute atomic E-state index is 5.94. The van der Waals surface area contributed by atoms with Gasteiger partial charge in [-0.1, -0.05) is 12.8 Å². The molecule has 0 bridgehead atoms. The van der Waals surface area contributed by atoms with Crippen molar-refractivity contribution in [3.63, 3.8) is 0 Å². The highest BCUT2D eigenvalue weighted by atomic mass is 16.5. The predicted molar refractivity (Wildman–Crippen MR) is 78.6 cm³/mol. The lowest BCUT2D eigenvalue weighted by atomic mass is 9.90. The van der Waals surface area contributed by atoms with Crippen LogP contribution in [0.1, 0.15) is 42.8 Å². The summed E-state index contributed by atoms with van der Waals surface area (Å²) in [6, 6.07) is 2.80. The van der Waals surface area contributed by atoms with E-state index in [0.29, 0.717) is 12.1 Å². The molecule has 1 saturated heterocycles. The molecule has 0 aromatic carbocycles. The number of ether oxygens (including phenoxy) is 1. The van der Waals surface area contributed by atoms with Crippen LogP contribution < -0.4 is 5.32 Å². The first-order valence-corrected chi connectivity index (χ1v) is 7.86. The molecule has 1 N–H and O–H groups in total. The summed E-state index contributed by atoms with van der Waals surface area (Å²) in [7, 11) is 1.97. The summed E-state index contributed by atoms with van der Waals surface area (Å²) in [6.45, 7) is 5.75. The van der Waals surface area contributed by atoms with E-state index in [9.17, 15) is 0 Å². The van der Waals surface area contributed by atoms with Gasteiger partial charge in [-0.15, -0.1) is 0 Å². The smallest absolute Gasteiger partial charge is 0.118 e. The minimum absolute atomic E-state index is 0.449. The third-order valence-corrected chi connectivity index (χ3v) is 4.64. The van der Waals surface area contributed by atoms with Crippen molar-refractivity contribution in [2.45, 2.75) is 57.8 Å². The van der Waals surface area contributed by atoms with Crippen LogP contribution in [0.3, 0.4) is 0 Å².